The molecule has 0 amide bonds. The van der Waals surface area contributed by atoms with Gasteiger partial charge in [-0.3, -0.25) is 4.85 Å². The molecule has 1 unspecified atom stereocenters. The second-order valence-corrected chi connectivity index (χ2v) is 7.23. The molecule has 106 valence electrons. The van der Waals surface area contributed by atoms with E-state index in [1.807, 2.05) is 13.0 Å². The van der Waals surface area contributed by atoms with Gasteiger partial charge in [-0.25, -0.2) is 15.0 Å². The normalized spacial score (nSPS) is 17.7. The van der Waals surface area contributed by atoms with Gasteiger partial charge in [0.2, 0.25) is 0 Å². The summed E-state index contributed by atoms with van der Waals surface area (Å²) >= 11 is 0. The minimum Gasteiger partial charge on any atom is -0.291 e. The zero-order chi connectivity index (χ0) is 14.6. The number of sulfone groups is 1. The third-order valence-electron chi connectivity index (χ3n) is 3.65. The van der Waals surface area contributed by atoms with E-state index in [9.17, 15) is 8.42 Å². The summed E-state index contributed by atoms with van der Waals surface area (Å²) in [4.78, 5) is 3.66. The summed E-state index contributed by atoms with van der Waals surface area (Å²) in [5, 5.41) is -1.05. The van der Waals surface area contributed by atoms with E-state index in [0.717, 1.165) is 43.2 Å². The van der Waals surface area contributed by atoms with E-state index in [2.05, 4.69) is 4.85 Å². The molecule has 0 aliphatic heterocycles. The predicted molar refractivity (Wildman–Crippen MR) is 79.9 cm³/mol. The molecule has 0 spiro atoms. The molecule has 0 saturated heterocycles. The van der Waals surface area contributed by atoms with Crippen LogP contribution in [0.15, 0.2) is 40.8 Å². The summed E-state index contributed by atoms with van der Waals surface area (Å²) in [6.45, 7) is 9.23. The largest absolute Gasteiger partial charge is 0.346 e. The van der Waals surface area contributed by atoms with Crippen LogP contribution in [0.4, 0.5) is 0 Å². The molecule has 0 fully saturated rings. The van der Waals surface area contributed by atoms with Crippen molar-refractivity contribution >= 4 is 9.84 Å². The van der Waals surface area contributed by atoms with Gasteiger partial charge in [0.15, 0.2) is 0 Å². The molecule has 2 rings (SSSR count). The highest BCUT2D eigenvalue weighted by molar-refractivity contribution is 7.92. The highest BCUT2D eigenvalue weighted by Gasteiger charge is 2.36. The second kappa shape index (κ2) is 6.23. The smallest absolute Gasteiger partial charge is 0.291 e. The first kappa shape index (κ1) is 14.8. The first-order valence-corrected chi connectivity index (χ1v) is 8.46. The fraction of sp³-hybridized carbons (Fsp3) is 0.438. The topological polar surface area (TPSA) is 38.5 Å². The van der Waals surface area contributed by atoms with Gasteiger partial charge in [0.1, 0.15) is 0 Å². The van der Waals surface area contributed by atoms with Gasteiger partial charge in [-0.1, -0.05) is 30.2 Å². The molecule has 0 heterocycles. The SMILES string of the molecule is [C-]#[N+]C(C1=CCCCCC1)S(=O)(=O)c1ccc(C)cc1. The standard InChI is InChI=1S/C16H19NO2S/c1-13-9-11-15(12-10-13)20(18,19)16(17-2)14-7-5-3-4-6-8-14/h7,9-12,16H,3-6,8H2,1H3. The molecule has 1 atom stereocenters. The van der Waals surface area contributed by atoms with E-state index < -0.39 is 15.2 Å². The third-order valence-corrected chi connectivity index (χ3v) is 5.58. The van der Waals surface area contributed by atoms with Crippen LogP contribution in [0.1, 0.15) is 37.7 Å². The Hall–Kier alpha value is -1.60. The van der Waals surface area contributed by atoms with Crippen molar-refractivity contribution in [3.05, 3.63) is 52.9 Å². The van der Waals surface area contributed by atoms with Gasteiger partial charge in [-0.15, -0.1) is 0 Å². The second-order valence-electron chi connectivity index (χ2n) is 5.22. The number of aryl methyl sites for hydroxylation is 1. The van der Waals surface area contributed by atoms with Crippen LogP contribution in [-0.2, 0) is 9.84 Å². The Balaban J connectivity index is 2.37. The molecule has 1 aliphatic carbocycles. The van der Waals surface area contributed by atoms with Crippen molar-refractivity contribution < 1.29 is 8.42 Å². The fourth-order valence-electron chi connectivity index (χ4n) is 2.47. The zero-order valence-corrected chi connectivity index (χ0v) is 12.5. The molecule has 0 saturated carbocycles. The van der Waals surface area contributed by atoms with Crippen LogP contribution in [0.2, 0.25) is 0 Å². The van der Waals surface area contributed by atoms with Gasteiger partial charge < -0.3 is 0 Å². The lowest BCUT2D eigenvalue weighted by molar-refractivity contribution is 0.590. The van der Waals surface area contributed by atoms with Gasteiger partial charge in [-0.05, 0) is 44.7 Å². The lowest BCUT2D eigenvalue weighted by Gasteiger charge is -2.10. The monoisotopic (exact) mass is 289 g/mol. The van der Waals surface area contributed by atoms with Crippen LogP contribution in [0.5, 0.6) is 0 Å². The van der Waals surface area contributed by atoms with Crippen LogP contribution >= 0.6 is 0 Å². The molecule has 1 aliphatic rings. The van der Waals surface area contributed by atoms with Crippen LogP contribution in [0.3, 0.4) is 0 Å². The van der Waals surface area contributed by atoms with Gasteiger partial charge in [0, 0.05) is 5.57 Å². The van der Waals surface area contributed by atoms with Crippen molar-refractivity contribution in [2.45, 2.75) is 49.3 Å². The Bertz CT molecular complexity index is 636. The number of allylic oxidation sites excluding steroid dienone is 1. The molecule has 1 aromatic rings. The Morgan fingerprint density at radius 2 is 1.85 bits per heavy atom. The summed E-state index contributed by atoms with van der Waals surface area (Å²) < 4.78 is 25.3. The van der Waals surface area contributed by atoms with Crippen molar-refractivity contribution in [1.29, 1.82) is 0 Å². The molecular weight excluding hydrogens is 270 g/mol. The number of rotatable bonds is 3. The summed E-state index contributed by atoms with van der Waals surface area (Å²) in [6.07, 6.45) is 6.72. The molecule has 0 N–H and O–H groups in total. The van der Waals surface area contributed by atoms with Crippen molar-refractivity contribution in [3.63, 3.8) is 0 Å². The maximum Gasteiger partial charge on any atom is 0.346 e. The molecule has 0 aromatic heterocycles. The fourth-order valence-corrected chi connectivity index (χ4v) is 4.00. The van der Waals surface area contributed by atoms with Crippen molar-refractivity contribution in [2.75, 3.05) is 0 Å². The lowest BCUT2D eigenvalue weighted by Crippen LogP contribution is -2.20. The third kappa shape index (κ3) is 3.10. The first-order chi connectivity index (χ1) is 9.55. The van der Waals surface area contributed by atoms with Gasteiger partial charge in [0.25, 0.3) is 9.84 Å². The van der Waals surface area contributed by atoms with E-state index in [1.54, 1.807) is 24.3 Å². The molecule has 3 nitrogen and oxygen atoms in total. The number of nitrogens with zero attached hydrogens (tertiary/aromatic N) is 1. The summed E-state index contributed by atoms with van der Waals surface area (Å²) in [7, 11) is -3.61. The lowest BCUT2D eigenvalue weighted by atomic mass is 10.1. The van der Waals surface area contributed by atoms with Crippen LogP contribution < -0.4 is 0 Å². The molecule has 0 bridgehead atoms. The minimum absolute atomic E-state index is 0.245. The van der Waals surface area contributed by atoms with E-state index in [4.69, 9.17) is 6.57 Å². The minimum atomic E-state index is -3.61. The maximum absolute atomic E-state index is 12.6. The van der Waals surface area contributed by atoms with Gasteiger partial charge in [0.05, 0.1) is 4.90 Å². The van der Waals surface area contributed by atoms with E-state index >= 15 is 0 Å². The summed E-state index contributed by atoms with van der Waals surface area (Å²) in [5.74, 6) is 0. The molecular formula is C16H19NO2S. The Morgan fingerprint density at radius 3 is 2.50 bits per heavy atom. The van der Waals surface area contributed by atoms with Gasteiger partial charge >= 0.3 is 5.37 Å². The highest BCUT2D eigenvalue weighted by Crippen LogP contribution is 2.28. The highest BCUT2D eigenvalue weighted by atomic mass is 32.2. The van der Waals surface area contributed by atoms with E-state index in [0.29, 0.717) is 0 Å². The van der Waals surface area contributed by atoms with Crippen molar-refractivity contribution in [3.8, 4) is 0 Å². The number of hydrogen-bond donors (Lipinski definition) is 0. The number of hydrogen-bond acceptors (Lipinski definition) is 2. The predicted octanol–water partition coefficient (Wildman–Crippen LogP) is 3.90. The van der Waals surface area contributed by atoms with Crippen LogP contribution in [0.25, 0.3) is 4.85 Å². The van der Waals surface area contributed by atoms with Crippen LogP contribution in [-0.4, -0.2) is 13.8 Å². The molecule has 1 aromatic carbocycles. The Morgan fingerprint density at radius 1 is 1.15 bits per heavy atom. The molecule has 20 heavy (non-hydrogen) atoms. The van der Waals surface area contributed by atoms with E-state index in [1.165, 1.54) is 0 Å². The molecule has 0 radical (unpaired) electrons. The van der Waals surface area contributed by atoms with Gasteiger partial charge in [-0.2, -0.15) is 0 Å². The Kier molecular flexibility index (Phi) is 4.61. The number of benzene rings is 1. The maximum atomic E-state index is 12.6. The van der Waals surface area contributed by atoms with Crippen molar-refractivity contribution in [2.24, 2.45) is 0 Å². The molecule has 4 heteroatoms. The quantitative estimate of drug-likeness (QED) is 0.625. The van der Waals surface area contributed by atoms with Crippen LogP contribution in [0, 0.1) is 13.5 Å². The van der Waals surface area contributed by atoms with E-state index in [-0.39, 0.29) is 4.90 Å². The Labute approximate surface area is 121 Å². The average molecular weight is 289 g/mol. The first-order valence-electron chi connectivity index (χ1n) is 6.92. The average Bonchev–Trinajstić information content (AvgIpc) is 2.69. The summed E-state index contributed by atoms with van der Waals surface area (Å²) in [6, 6.07) is 6.74. The van der Waals surface area contributed by atoms with Crippen molar-refractivity contribution in [1.82, 2.24) is 0 Å². The zero-order valence-electron chi connectivity index (χ0n) is 11.7. The summed E-state index contributed by atoms with van der Waals surface area (Å²) in [5.41, 5.74) is 1.79.